The fourth-order valence-corrected chi connectivity index (χ4v) is 3.76. The molecular formula is C15H24N2O3S. The van der Waals surface area contributed by atoms with Crippen molar-refractivity contribution in [3.63, 3.8) is 0 Å². The van der Waals surface area contributed by atoms with Crippen molar-refractivity contribution in [1.29, 1.82) is 0 Å². The Kier molecular flexibility index (Phi) is 5.37. The Hall–Kier alpha value is -0.950. The van der Waals surface area contributed by atoms with Crippen molar-refractivity contribution < 1.29 is 13.5 Å². The highest BCUT2D eigenvalue weighted by Crippen LogP contribution is 2.18. The minimum Gasteiger partial charge on any atom is -0.389 e. The predicted molar refractivity (Wildman–Crippen MR) is 82.5 cm³/mol. The number of piperidine rings is 1. The molecule has 1 aromatic rings. The first-order valence-corrected chi connectivity index (χ1v) is 8.86. The standard InChI is InChI=1S/C15H24N2O3S/c1-12(18)13-6-5-8-15(10-13)21(19,20)16-11-14-7-3-4-9-17(14)2/h5-6,8,10,12,14,16,18H,3-4,7,9,11H2,1-2H3. The van der Waals surface area contributed by atoms with Crippen LogP contribution in [0.1, 0.15) is 37.9 Å². The van der Waals surface area contributed by atoms with Crippen LogP contribution >= 0.6 is 0 Å². The number of rotatable bonds is 5. The van der Waals surface area contributed by atoms with Crippen molar-refractivity contribution in [1.82, 2.24) is 9.62 Å². The van der Waals surface area contributed by atoms with E-state index in [4.69, 9.17) is 0 Å². The molecule has 5 nitrogen and oxygen atoms in total. The maximum Gasteiger partial charge on any atom is 0.240 e. The van der Waals surface area contributed by atoms with Gasteiger partial charge in [-0.15, -0.1) is 0 Å². The van der Waals surface area contributed by atoms with Crippen LogP contribution in [0.15, 0.2) is 29.2 Å². The summed E-state index contributed by atoms with van der Waals surface area (Å²) in [5, 5.41) is 9.56. The summed E-state index contributed by atoms with van der Waals surface area (Å²) in [6.07, 6.45) is 2.67. The molecule has 0 aromatic heterocycles. The minimum atomic E-state index is -3.53. The molecule has 0 saturated carbocycles. The molecule has 0 bridgehead atoms. The summed E-state index contributed by atoms with van der Waals surface area (Å²) < 4.78 is 27.4. The summed E-state index contributed by atoms with van der Waals surface area (Å²) in [6.45, 7) is 3.07. The molecule has 1 heterocycles. The molecule has 2 N–H and O–H groups in total. The van der Waals surface area contributed by atoms with E-state index in [1.807, 2.05) is 7.05 Å². The third-order valence-electron chi connectivity index (χ3n) is 4.08. The zero-order chi connectivity index (χ0) is 15.5. The molecule has 0 aliphatic carbocycles. The number of benzene rings is 1. The van der Waals surface area contributed by atoms with Crippen LogP contribution in [-0.2, 0) is 10.0 Å². The van der Waals surface area contributed by atoms with Gasteiger partial charge in [0.25, 0.3) is 0 Å². The number of nitrogens with zero attached hydrogens (tertiary/aromatic N) is 1. The van der Waals surface area contributed by atoms with Crippen molar-refractivity contribution in [3.05, 3.63) is 29.8 Å². The summed E-state index contributed by atoms with van der Waals surface area (Å²) in [4.78, 5) is 2.41. The van der Waals surface area contributed by atoms with Crippen molar-refractivity contribution in [2.24, 2.45) is 0 Å². The SMILES string of the molecule is CC(O)c1cccc(S(=O)(=O)NCC2CCCCN2C)c1. The number of hydrogen-bond acceptors (Lipinski definition) is 4. The lowest BCUT2D eigenvalue weighted by Crippen LogP contribution is -2.44. The molecule has 0 amide bonds. The lowest BCUT2D eigenvalue weighted by Gasteiger charge is -2.32. The molecule has 2 rings (SSSR count). The lowest BCUT2D eigenvalue weighted by atomic mass is 10.0. The van der Waals surface area contributed by atoms with Crippen molar-refractivity contribution in [2.45, 2.75) is 43.2 Å². The second kappa shape index (κ2) is 6.87. The molecule has 0 spiro atoms. The average Bonchev–Trinajstić information content (AvgIpc) is 2.46. The second-order valence-electron chi connectivity index (χ2n) is 5.73. The van der Waals surface area contributed by atoms with E-state index in [2.05, 4.69) is 9.62 Å². The molecule has 2 atom stereocenters. The Balaban J connectivity index is 2.06. The van der Waals surface area contributed by atoms with Crippen LogP contribution in [0.5, 0.6) is 0 Å². The van der Waals surface area contributed by atoms with Gasteiger partial charge in [0.1, 0.15) is 0 Å². The Labute approximate surface area is 127 Å². The van der Waals surface area contributed by atoms with Gasteiger partial charge in [-0.05, 0) is 51.1 Å². The first-order chi connectivity index (χ1) is 9.90. The maximum atomic E-state index is 12.3. The van der Waals surface area contributed by atoms with Crippen LogP contribution in [0.25, 0.3) is 0 Å². The molecule has 1 fully saturated rings. The van der Waals surface area contributed by atoms with Crippen LogP contribution in [-0.4, -0.2) is 44.6 Å². The van der Waals surface area contributed by atoms with Gasteiger partial charge in [0.15, 0.2) is 0 Å². The summed E-state index contributed by atoms with van der Waals surface area (Å²) in [6, 6.07) is 6.71. The number of nitrogens with one attached hydrogen (secondary N) is 1. The van der Waals surface area contributed by atoms with Gasteiger partial charge in [-0.2, -0.15) is 0 Å². The van der Waals surface area contributed by atoms with Gasteiger partial charge >= 0.3 is 0 Å². The van der Waals surface area contributed by atoms with Crippen molar-refractivity contribution in [2.75, 3.05) is 20.1 Å². The molecule has 1 aliphatic rings. The quantitative estimate of drug-likeness (QED) is 0.864. The van der Waals surface area contributed by atoms with Gasteiger partial charge in [0.2, 0.25) is 10.0 Å². The normalized spacial score (nSPS) is 22.1. The predicted octanol–water partition coefficient (Wildman–Crippen LogP) is 1.50. The van der Waals surface area contributed by atoms with Gasteiger partial charge in [0.05, 0.1) is 11.0 Å². The van der Waals surface area contributed by atoms with E-state index >= 15 is 0 Å². The molecule has 0 radical (unpaired) electrons. The minimum absolute atomic E-state index is 0.208. The number of likely N-dealkylation sites (N-methyl/N-ethyl adjacent to an activating group) is 1. The van der Waals surface area contributed by atoms with Gasteiger partial charge < -0.3 is 10.0 Å². The Morgan fingerprint density at radius 1 is 1.43 bits per heavy atom. The van der Waals surface area contributed by atoms with E-state index in [0.29, 0.717) is 12.1 Å². The van der Waals surface area contributed by atoms with Gasteiger partial charge in [-0.1, -0.05) is 18.6 Å². The summed E-state index contributed by atoms with van der Waals surface area (Å²) in [7, 11) is -1.49. The van der Waals surface area contributed by atoms with Crippen LogP contribution in [0.4, 0.5) is 0 Å². The lowest BCUT2D eigenvalue weighted by molar-refractivity contribution is 0.187. The second-order valence-corrected chi connectivity index (χ2v) is 7.50. The monoisotopic (exact) mass is 312 g/mol. The number of hydrogen-bond donors (Lipinski definition) is 2. The topological polar surface area (TPSA) is 69.6 Å². The largest absolute Gasteiger partial charge is 0.389 e. The Morgan fingerprint density at radius 2 is 2.19 bits per heavy atom. The molecule has 1 saturated heterocycles. The number of aliphatic hydroxyl groups is 1. The van der Waals surface area contributed by atoms with E-state index in [9.17, 15) is 13.5 Å². The number of likely N-dealkylation sites (tertiary alicyclic amines) is 1. The maximum absolute atomic E-state index is 12.3. The summed E-state index contributed by atoms with van der Waals surface area (Å²) >= 11 is 0. The molecule has 2 unspecified atom stereocenters. The highest BCUT2D eigenvalue weighted by atomic mass is 32.2. The zero-order valence-electron chi connectivity index (χ0n) is 12.6. The third-order valence-corrected chi connectivity index (χ3v) is 5.50. The van der Waals surface area contributed by atoms with Crippen LogP contribution in [0.3, 0.4) is 0 Å². The average molecular weight is 312 g/mol. The molecule has 21 heavy (non-hydrogen) atoms. The van der Waals surface area contributed by atoms with Crippen LogP contribution in [0, 0.1) is 0 Å². The molecular weight excluding hydrogens is 288 g/mol. The smallest absolute Gasteiger partial charge is 0.240 e. The van der Waals surface area contributed by atoms with Gasteiger partial charge in [-0.3, -0.25) is 0 Å². The van der Waals surface area contributed by atoms with Gasteiger partial charge in [0, 0.05) is 12.6 Å². The van der Waals surface area contributed by atoms with Crippen molar-refractivity contribution in [3.8, 4) is 0 Å². The van der Waals surface area contributed by atoms with E-state index in [1.165, 1.54) is 12.5 Å². The number of sulfonamides is 1. The highest BCUT2D eigenvalue weighted by molar-refractivity contribution is 7.89. The Morgan fingerprint density at radius 3 is 2.86 bits per heavy atom. The first kappa shape index (κ1) is 16.4. The third kappa shape index (κ3) is 4.26. The van der Waals surface area contributed by atoms with E-state index in [-0.39, 0.29) is 10.9 Å². The first-order valence-electron chi connectivity index (χ1n) is 7.38. The molecule has 118 valence electrons. The van der Waals surface area contributed by atoms with Crippen molar-refractivity contribution >= 4 is 10.0 Å². The molecule has 1 aromatic carbocycles. The molecule has 6 heteroatoms. The fraction of sp³-hybridized carbons (Fsp3) is 0.600. The zero-order valence-corrected chi connectivity index (χ0v) is 13.4. The molecule has 1 aliphatic heterocycles. The highest BCUT2D eigenvalue weighted by Gasteiger charge is 2.22. The summed E-state index contributed by atoms with van der Waals surface area (Å²) in [5.41, 5.74) is 0.604. The Bertz CT molecular complexity index is 572. The fourth-order valence-electron chi connectivity index (χ4n) is 2.63. The van der Waals surface area contributed by atoms with Crippen LogP contribution in [0.2, 0.25) is 0 Å². The van der Waals surface area contributed by atoms with E-state index in [0.717, 1.165) is 19.4 Å². The van der Waals surface area contributed by atoms with Crippen LogP contribution < -0.4 is 4.72 Å². The van der Waals surface area contributed by atoms with E-state index in [1.54, 1.807) is 25.1 Å². The van der Waals surface area contributed by atoms with E-state index < -0.39 is 16.1 Å². The van der Waals surface area contributed by atoms with Gasteiger partial charge in [-0.25, -0.2) is 13.1 Å². The number of aliphatic hydroxyl groups excluding tert-OH is 1. The summed E-state index contributed by atoms with van der Waals surface area (Å²) in [5.74, 6) is 0.